The highest BCUT2D eigenvalue weighted by Gasteiger charge is 2.20. The van der Waals surface area contributed by atoms with Crippen LogP contribution in [0.3, 0.4) is 0 Å². The molecule has 1 N–H and O–H groups in total. The molecule has 2 amide bonds. The van der Waals surface area contributed by atoms with E-state index in [2.05, 4.69) is 20.2 Å². The van der Waals surface area contributed by atoms with Crippen LogP contribution in [0.25, 0.3) is 11.3 Å². The summed E-state index contributed by atoms with van der Waals surface area (Å²) in [5.41, 5.74) is 4.54. The van der Waals surface area contributed by atoms with Gasteiger partial charge >= 0.3 is 0 Å². The Morgan fingerprint density at radius 2 is 1.71 bits per heavy atom. The Bertz CT molecular complexity index is 1220. The molecule has 3 aromatic rings. The van der Waals surface area contributed by atoms with Crippen molar-refractivity contribution in [2.24, 2.45) is 0 Å². The van der Waals surface area contributed by atoms with Gasteiger partial charge in [0.1, 0.15) is 5.69 Å². The van der Waals surface area contributed by atoms with Gasteiger partial charge in [-0.2, -0.15) is 0 Å². The molecular formula is C27H29N5O3. The van der Waals surface area contributed by atoms with Crippen LogP contribution < -0.4 is 10.2 Å². The van der Waals surface area contributed by atoms with Gasteiger partial charge in [-0.05, 0) is 56.2 Å². The molecule has 3 heterocycles. The number of morpholine rings is 1. The first-order valence-electron chi connectivity index (χ1n) is 12.1. The fraction of sp³-hybridized carbons (Fsp3) is 0.333. The average molecular weight is 472 g/mol. The standard InChI is InChI=1S/C27H29N5O3/c1-19-25(26(33)29-22-7-9-23(10-8-22)31-11-2-3-12-31)30-24(18-28-19)20-5-4-6-21(17-20)27(34)32-13-15-35-16-14-32/h4-10,17-18H,2-3,11-16H2,1H3,(H,29,33). The summed E-state index contributed by atoms with van der Waals surface area (Å²) in [5.74, 6) is -0.350. The summed E-state index contributed by atoms with van der Waals surface area (Å²) in [6.45, 7) is 6.18. The number of amides is 2. The molecule has 0 unspecified atom stereocenters. The maximum atomic E-state index is 13.0. The van der Waals surface area contributed by atoms with E-state index in [1.54, 1.807) is 30.2 Å². The van der Waals surface area contributed by atoms with Crippen molar-refractivity contribution in [1.82, 2.24) is 14.9 Å². The van der Waals surface area contributed by atoms with Gasteiger partial charge in [0.2, 0.25) is 0 Å². The molecule has 35 heavy (non-hydrogen) atoms. The third kappa shape index (κ3) is 5.17. The maximum Gasteiger partial charge on any atom is 0.276 e. The van der Waals surface area contributed by atoms with Crippen LogP contribution >= 0.6 is 0 Å². The molecule has 0 spiro atoms. The van der Waals surface area contributed by atoms with E-state index in [1.165, 1.54) is 18.5 Å². The third-order valence-electron chi connectivity index (χ3n) is 6.47. The summed E-state index contributed by atoms with van der Waals surface area (Å²) in [6, 6.07) is 15.2. The van der Waals surface area contributed by atoms with E-state index >= 15 is 0 Å². The van der Waals surface area contributed by atoms with Gasteiger partial charge in [-0.25, -0.2) is 4.98 Å². The minimum atomic E-state index is -0.314. The first kappa shape index (κ1) is 23.0. The zero-order valence-corrected chi connectivity index (χ0v) is 19.9. The molecule has 0 atom stereocenters. The minimum absolute atomic E-state index is 0.0365. The number of nitrogens with zero attached hydrogens (tertiary/aromatic N) is 4. The van der Waals surface area contributed by atoms with E-state index in [-0.39, 0.29) is 17.5 Å². The summed E-state index contributed by atoms with van der Waals surface area (Å²) in [7, 11) is 0. The van der Waals surface area contributed by atoms with Crippen LogP contribution in [0.5, 0.6) is 0 Å². The highest BCUT2D eigenvalue weighted by atomic mass is 16.5. The molecular weight excluding hydrogens is 442 g/mol. The number of carbonyl (C=O) groups excluding carboxylic acids is 2. The fourth-order valence-corrected chi connectivity index (χ4v) is 4.49. The SMILES string of the molecule is Cc1ncc(-c2cccc(C(=O)N3CCOCC3)c2)nc1C(=O)Nc1ccc(N2CCCC2)cc1. The number of anilines is 2. The van der Waals surface area contributed by atoms with Crippen molar-refractivity contribution in [3.63, 3.8) is 0 Å². The largest absolute Gasteiger partial charge is 0.378 e. The quantitative estimate of drug-likeness (QED) is 0.609. The molecule has 8 nitrogen and oxygen atoms in total. The number of ether oxygens (including phenoxy) is 1. The van der Waals surface area contributed by atoms with Gasteiger partial charge in [-0.15, -0.1) is 0 Å². The van der Waals surface area contributed by atoms with Gasteiger partial charge < -0.3 is 19.9 Å². The Kier molecular flexibility index (Phi) is 6.72. The van der Waals surface area contributed by atoms with Crippen LogP contribution in [0.1, 0.15) is 39.4 Å². The van der Waals surface area contributed by atoms with Crippen molar-refractivity contribution in [3.8, 4) is 11.3 Å². The predicted molar refractivity (Wildman–Crippen MR) is 135 cm³/mol. The summed E-state index contributed by atoms with van der Waals surface area (Å²) < 4.78 is 5.34. The Labute approximate surface area is 204 Å². The molecule has 2 aliphatic rings. The second-order valence-electron chi connectivity index (χ2n) is 8.87. The Morgan fingerprint density at radius 3 is 2.46 bits per heavy atom. The van der Waals surface area contributed by atoms with E-state index in [0.29, 0.717) is 48.9 Å². The summed E-state index contributed by atoms with van der Waals surface area (Å²) >= 11 is 0. The van der Waals surface area contributed by atoms with Crippen molar-refractivity contribution in [3.05, 3.63) is 71.7 Å². The maximum absolute atomic E-state index is 13.0. The van der Waals surface area contributed by atoms with Crippen molar-refractivity contribution in [2.45, 2.75) is 19.8 Å². The van der Waals surface area contributed by atoms with E-state index < -0.39 is 0 Å². The molecule has 180 valence electrons. The number of nitrogens with one attached hydrogen (secondary N) is 1. The van der Waals surface area contributed by atoms with Crippen LogP contribution in [0.15, 0.2) is 54.7 Å². The van der Waals surface area contributed by atoms with E-state index in [1.807, 2.05) is 36.4 Å². The van der Waals surface area contributed by atoms with Crippen LogP contribution in [0.2, 0.25) is 0 Å². The van der Waals surface area contributed by atoms with Crippen LogP contribution in [-0.4, -0.2) is 66.1 Å². The van der Waals surface area contributed by atoms with Crippen molar-refractivity contribution in [1.29, 1.82) is 0 Å². The van der Waals surface area contributed by atoms with Gasteiger partial charge in [-0.3, -0.25) is 14.6 Å². The fourth-order valence-electron chi connectivity index (χ4n) is 4.49. The summed E-state index contributed by atoms with van der Waals surface area (Å²) in [6.07, 6.45) is 4.07. The molecule has 5 rings (SSSR count). The van der Waals surface area contributed by atoms with Crippen LogP contribution in [-0.2, 0) is 4.74 Å². The average Bonchev–Trinajstić information content (AvgIpc) is 3.45. The van der Waals surface area contributed by atoms with Crippen molar-refractivity contribution in [2.75, 3.05) is 49.6 Å². The molecule has 0 aliphatic carbocycles. The number of carbonyl (C=O) groups is 2. The molecule has 2 aliphatic heterocycles. The first-order chi connectivity index (χ1) is 17.1. The summed E-state index contributed by atoms with van der Waals surface area (Å²) in [4.78, 5) is 39.1. The summed E-state index contributed by atoms with van der Waals surface area (Å²) in [5, 5.41) is 2.94. The molecule has 0 radical (unpaired) electrons. The van der Waals surface area contributed by atoms with Gasteiger partial charge in [0.25, 0.3) is 11.8 Å². The second-order valence-corrected chi connectivity index (χ2v) is 8.87. The molecule has 2 saturated heterocycles. The molecule has 2 fully saturated rings. The van der Waals surface area contributed by atoms with Crippen molar-refractivity contribution >= 4 is 23.2 Å². The molecule has 0 bridgehead atoms. The Balaban J connectivity index is 1.33. The zero-order valence-electron chi connectivity index (χ0n) is 19.9. The van der Waals surface area contributed by atoms with Crippen molar-refractivity contribution < 1.29 is 14.3 Å². The highest BCUT2D eigenvalue weighted by molar-refractivity contribution is 6.04. The second kappa shape index (κ2) is 10.2. The predicted octanol–water partition coefficient (Wildman–Crippen LogP) is 3.78. The number of hydrogen-bond donors (Lipinski definition) is 1. The first-order valence-corrected chi connectivity index (χ1v) is 12.1. The third-order valence-corrected chi connectivity index (χ3v) is 6.47. The number of aryl methyl sites for hydroxylation is 1. The highest BCUT2D eigenvalue weighted by Crippen LogP contribution is 2.23. The van der Waals surface area contributed by atoms with Crippen LogP contribution in [0, 0.1) is 6.92 Å². The van der Waals surface area contributed by atoms with Gasteiger partial charge in [0, 0.05) is 48.7 Å². The smallest absolute Gasteiger partial charge is 0.276 e. The van der Waals surface area contributed by atoms with Crippen LogP contribution in [0.4, 0.5) is 11.4 Å². The van der Waals surface area contributed by atoms with Gasteiger partial charge in [0.15, 0.2) is 0 Å². The normalized spacial score (nSPS) is 15.8. The lowest BCUT2D eigenvalue weighted by molar-refractivity contribution is 0.0303. The number of rotatable bonds is 5. The lowest BCUT2D eigenvalue weighted by atomic mass is 10.1. The molecule has 2 aromatic carbocycles. The zero-order chi connectivity index (χ0) is 24.2. The lowest BCUT2D eigenvalue weighted by Gasteiger charge is -2.27. The van der Waals surface area contributed by atoms with Gasteiger partial charge in [-0.1, -0.05) is 12.1 Å². The molecule has 1 aromatic heterocycles. The van der Waals surface area contributed by atoms with Gasteiger partial charge in [0.05, 0.1) is 30.8 Å². The van der Waals surface area contributed by atoms with E-state index in [0.717, 1.165) is 18.7 Å². The lowest BCUT2D eigenvalue weighted by Crippen LogP contribution is -2.40. The molecule has 0 saturated carbocycles. The van der Waals surface area contributed by atoms with E-state index in [9.17, 15) is 9.59 Å². The number of aromatic nitrogens is 2. The van der Waals surface area contributed by atoms with E-state index in [4.69, 9.17) is 4.74 Å². The monoisotopic (exact) mass is 471 g/mol. The topological polar surface area (TPSA) is 87.7 Å². The number of benzene rings is 2. The minimum Gasteiger partial charge on any atom is -0.378 e. The Hall–Kier alpha value is -3.78. The number of hydrogen-bond acceptors (Lipinski definition) is 6. The Morgan fingerprint density at radius 1 is 0.971 bits per heavy atom. The molecule has 8 heteroatoms.